The molecule has 0 amide bonds. The topological polar surface area (TPSA) is 317 Å². The maximum Gasteiger partial charge on any atom is 0.343 e. The zero-order valence-electron chi connectivity index (χ0n) is 26.7. The Morgan fingerprint density at radius 2 is 0.906 bits per heavy atom. The number of carbonyl (C=O) groups is 4. The Labute approximate surface area is 295 Å². The van der Waals surface area contributed by atoms with Crippen molar-refractivity contribution in [3.8, 4) is 69.0 Å². The zero-order valence-corrected chi connectivity index (χ0v) is 26.7. The summed E-state index contributed by atoms with van der Waals surface area (Å²) >= 11 is 0. The Hall–Kier alpha value is -7.28. The summed E-state index contributed by atoms with van der Waals surface area (Å²) in [5.41, 5.74) is -1.67. The van der Waals surface area contributed by atoms with Crippen molar-refractivity contribution in [2.24, 2.45) is 0 Å². The van der Waals surface area contributed by atoms with Crippen LogP contribution in [0.2, 0.25) is 0 Å². The molecule has 0 bridgehead atoms. The maximum atomic E-state index is 13.0. The van der Waals surface area contributed by atoms with Crippen molar-refractivity contribution in [2.75, 3.05) is 13.2 Å². The van der Waals surface area contributed by atoms with Crippen LogP contribution in [0.25, 0.3) is 0 Å². The van der Waals surface area contributed by atoms with E-state index in [1.54, 1.807) is 0 Å². The number of benzene rings is 4. The van der Waals surface area contributed by atoms with Gasteiger partial charge >= 0.3 is 23.9 Å². The van der Waals surface area contributed by atoms with Gasteiger partial charge in [0.1, 0.15) is 12.7 Å². The third-order valence-corrected chi connectivity index (χ3v) is 7.59. The predicted molar refractivity (Wildman–Crippen MR) is 171 cm³/mol. The van der Waals surface area contributed by atoms with Gasteiger partial charge < -0.3 is 74.7 Å². The normalized spacial score (nSPS) is 15.2. The van der Waals surface area contributed by atoms with Gasteiger partial charge in [-0.15, -0.1) is 0 Å². The molecule has 278 valence electrons. The first kappa shape index (κ1) is 37.0. The second kappa shape index (κ2) is 14.9. The van der Waals surface area contributed by atoms with E-state index >= 15 is 0 Å². The van der Waals surface area contributed by atoms with Crippen molar-refractivity contribution >= 4 is 23.9 Å². The van der Waals surface area contributed by atoms with Crippen molar-refractivity contribution in [1.29, 1.82) is 0 Å². The average molecular weight is 741 g/mol. The number of rotatable bonds is 9. The lowest BCUT2D eigenvalue weighted by molar-refractivity contribution is -0.0759. The highest BCUT2D eigenvalue weighted by Crippen LogP contribution is 2.41. The lowest BCUT2D eigenvalue weighted by atomic mass is 10.1. The quantitative estimate of drug-likeness (QED) is 0.0670. The summed E-state index contributed by atoms with van der Waals surface area (Å²) in [6.45, 7) is -0.364. The van der Waals surface area contributed by atoms with Crippen LogP contribution in [0.4, 0.5) is 0 Å². The van der Waals surface area contributed by atoms with Gasteiger partial charge in [-0.2, -0.15) is 0 Å². The lowest BCUT2D eigenvalue weighted by Crippen LogP contribution is -2.35. The van der Waals surface area contributed by atoms with Gasteiger partial charge in [-0.25, -0.2) is 19.2 Å². The molecule has 2 atom stereocenters. The SMILES string of the molecule is O=C(OC[C@@H]1C[C@H](OC(=O)c2cc(O)c(O)c(OC(=O)c3cc(O)c(O)c(O)c3)c2)CCO1)c1cc(O)c(O)c(OC(=O)c2cc(O)c(O)c(O)c2)c1. The summed E-state index contributed by atoms with van der Waals surface area (Å²) < 4.78 is 26.3. The molecule has 1 heterocycles. The fourth-order valence-electron chi connectivity index (χ4n) is 4.88. The first-order valence-electron chi connectivity index (χ1n) is 15.1. The van der Waals surface area contributed by atoms with Crippen LogP contribution in [-0.2, 0) is 14.2 Å². The number of phenols is 10. The number of ether oxygens (including phenoxy) is 5. The van der Waals surface area contributed by atoms with E-state index in [1.807, 2.05) is 0 Å². The smallest absolute Gasteiger partial charge is 0.343 e. The van der Waals surface area contributed by atoms with E-state index < -0.39 is 123 Å². The number of hydrogen-bond acceptors (Lipinski definition) is 19. The Balaban J connectivity index is 1.20. The molecule has 0 radical (unpaired) electrons. The third kappa shape index (κ3) is 8.21. The molecule has 5 rings (SSSR count). The molecule has 1 saturated heterocycles. The maximum absolute atomic E-state index is 13.0. The van der Waals surface area contributed by atoms with Crippen molar-refractivity contribution in [2.45, 2.75) is 25.0 Å². The van der Waals surface area contributed by atoms with Crippen LogP contribution in [0, 0.1) is 0 Å². The second-order valence-corrected chi connectivity index (χ2v) is 11.3. The van der Waals surface area contributed by atoms with E-state index in [-0.39, 0.29) is 30.6 Å². The van der Waals surface area contributed by atoms with Crippen molar-refractivity contribution in [1.82, 2.24) is 0 Å². The standard InChI is InChI=1S/C34H28O19/c35-19-3-13(4-20(36)27(19)41)33(47)52-25-9-15(7-23(39)29(25)43)31(45)50-12-18-11-17(1-2-49-18)51-32(46)16-8-24(40)30(44)26(10-16)53-34(48)14-5-21(37)28(42)22(38)6-14/h3-10,17-18,35-44H,1-2,11-12H2/t17-,18+/m1/s1. The monoisotopic (exact) mass is 740 g/mol. The number of phenolic OH excluding ortho intramolecular Hbond substituents is 10. The predicted octanol–water partition coefficient (Wildman–Crippen LogP) is 2.74. The summed E-state index contributed by atoms with van der Waals surface area (Å²) in [4.78, 5) is 50.9. The summed E-state index contributed by atoms with van der Waals surface area (Å²) in [6.07, 6.45) is -1.47. The molecule has 19 nitrogen and oxygen atoms in total. The highest BCUT2D eigenvalue weighted by atomic mass is 16.6. The van der Waals surface area contributed by atoms with Crippen LogP contribution < -0.4 is 9.47 Å². The Morgan fingerprint density at radius 1 is 0.528 bits per heavy atom. The summed E-state index contributed by atoms with van der Waals surface area (Å²) in [6, 6.07) is 6.42. The molecule has 10 N–H and O–H groups in total. The molecule has 1 aliphatic rings. The van der Waals surface area contributed by atoms with Gasteiger partial charge in [0.25, 0.3) is 0 Å². The Bertz CT molecular complexity index is 2080. The van der Waals surface area contributed by atoms with E-state index in [1.165, 1.54) is 0 Å². The third-order valence-electron chi connectivity index (χ3n) is 7.59. The van der Waals surface area contributed by atoms with E-state index in [0.29, 0.717) is 0 Å². The zero-order chi connectivity index (χ0) is 38.7. The van der Waals surface area contributed by atoms with Crippen molar-refractivity contribution < 1.29 is 93.9 Å². The number of aromatic hydroxyl groups is 10. The minimum atomic E-state index is -1.26. The molecule has 19 heteroatoms. The largest absolute Gasteiger partial charge is 0.504 e. The van der Waals surface area contributed by atoms with Crippen LogP contribution in [0.15, 0.2) is 48.5 Å². The van der Waals surface area contributed by atoms with Crippen LogP contribution >= 0.6 is 0 Å². The van der Waals surface area contributed by atoms with Crippen LogP contribution in [0.3, 0.4) is 0 Å². The first-order valence-corrected chi connectivity index (χ1v) is 15.1. The Kier molecular flexibility index (Phi) is 10.4. The molecule has 1 aliphatic heterocycles. The molecule has 0 aliphatic carbocycles. The highest BCUT2D eigenvalue weighted by molar-refractivity contribution is 5.96. The molecule has 4 aromatic rings. The molecular weight excluding hydrogens is 712 g/mol. The van der Waals surface area contributed by atoms with Crippen LogP contribution in [-0.4, -0.2) is 100 Å². The fourth-order valence-corrected chi connectivity index (χ4v) is 4.88. The molecule has 0 aromatic heterocycles. The average Bonchev–Trinajstić information content (AvgIpc) is 3.11. The summed E-state index contributed by atoms with van der Waals surface area (Å²) in [5.74, 6) is -14.8. The minimum absolute atomic E-state index is 0.00518. The van der Waals surface area contributed by atoms with E-state index in [2.05, 4.69) is 0 Å². The number of hydrogen-bond donors (Lipinski definition) is 10. The van der Waals surface area contributed by atoms with Gasteiger partial charge in [0.05, 0.1) is 35.0 Å². The number of carbonyl (C=O) groups excluding carboxylic acids is 4. The van der Waals surface area contributed by atoms with Gasteiger partial charge in [-0.1, -0.05) is 0 Å². The van der Waals surface area contributed by atoms with Gasteiger partial charge in [-0.3, -0.25) is 0 Å². The summed E-state index contributed by atoms with van der Waals surface area (Å²) in [7, 11) is 0. The fraction of sp³-hybridized carbons (Fsp3) is 0.176. The van der Waals surface area contributed by atoms with Gasteiger partial charge in [0.2, 0.25) is 11.5 Å². The highest BCUT2D eigenvalue weighted by Gasteiger charge is 2.29. The van der Waals surface area contributed by atoms with E-state index in [0.717, 1.165) is 48.5 Å². The first-order chi connectivity index (χ1) is 25.0. The van der Waals surface area contributed by atoms with Gasteiger partial charge in [0.15, 0.2) is 57.5 Å². The summed E-state index contributed by atoms with van der Waals surface area (Å²) in [5, 5.41) is 98.2. The van der Waals surface area contributed by atoms with Crippen molar-refractivity contribution in [3.05, 3.63) is 70.8 Å². The molecule has 1 fully saturated rings. The minimum Gasteiger partial charge on any atom is -0.504 e. The van der Waals surface area contributed by atoms with E-state index in [9.17, 15) is 70.2 Å². The van der Waals surface area contributed by atoms with Gasteiger partial charge in [-0.05, 0) is 48.5 Å². The van der Waals surface area contributed by atoms with Crippen LogP contribution in [0.1, 0.15) is 54.3 Å². The molecule has 4 aromatic carbocycles. The Morgan fingerprint density at radius 3 is 1.34 bits per heavy atom. The molecule has 53 heavy (non-hydrogen) atoms. The van der Waals surface area contributed by atoms with Gasteiger partial charge in [0, 0.05) is 12.8 Å². The van der Waals surface area contributed by atoms with Crippen molar-refractivity contribution in [3.63, 3.8) is 0 Å². The lowest BCUT2D eigenvalue weighted by Gasteiger charge is -2.29. The van der Waals surface area contributed by atoms with E-state index in [4.69, 9.17) is 23.7 Å². The van der Waals surface area contributed by atoms with Crippen LogP contribution in [0.5, 0.6) is 69.0 Å². The number of esters is 4. The second-order valence-electron chi connectivity index (χ2n) is 11.3. The molecule has 0 unspecified atom stereocenters. The molecular formula is C34H28O19. The molecule has 0 spiro atoms. The molecule has 0 saturated carbocycles.